The number of para-hydroxylation sites is 2. The van der Waals surface area contributed by atoms with Crippen LogP contribution < -0.4 is 4.74 Å². The Hall–Kier alpha value is -4.28. The first-order valence-corrected chi connectivity index (χ1v) is 18.4. The van der Waals surface area contributed by atoms with Gasteiger partial charge in [0.1, 0.15) is 0 Å². The molecule has 7 aromatic rings. The van der Waals surface area contributed by atoms with E-state index in [1.807, 2.05) is 18.5 Å². The van der Waals surface area contributed by atoms with Gasteiger partial charge in [-0.1, -0.05) is 62.3 Å². The third-order valence-electron chi connectivity index (χ3n) is 12.1. The first kappa shape index (κ1) is 32.9. The van der Waals surface area contributed by atoms with Gasteiger partial charge in [0.05, 0.1) is 0 Å². The Morgan fingerprint density at radius 1 is 0.740 bits per heavy atom. The fourth-order valence-corrected chi connectivity index (χ4v) is 8.72. The number of ether oxygens (including phenoxy) is 1. The second-order valence-corrected chi connectivity index (χ2v) is 17.4. The van der Waals surface area contributed by atoms with Crippen molar-refractivity contribution in [3.63, 3.8) is 0 Å². The van der Waals surface area contributed by atoms with E-state index in [-0.39, 0.29) is 21.7 Å². The van der Waals surface area contributed by atoms with E-state index < -0.39 is 0 Å². The summed E-state index contributed by atoms with van der Waals surface area (Å²) in [4.78, 5) is 9.52. The molecule has 0 unspecified atom stereocenters. The van der Waals surface area contributed by atoms with Crippen LogP contribution in [0.5, 0.6) is 11.5 Å². The molecule has 258 valence electrons. The van der Waals surface area contributed by atoms with Gasteiger partial charge in [-0.25, -0.2) is 0 Å². The fraction of sp³-hybridized carbons (Fsp3) is 0.326. The van der Waals surface area contributed by atoms with Crippen LogP contribution in [0.3, 0.4) is 0 Å². The van der Waals surface area contributed by atoms with E-state index in [4.69, 9.17) is 9.72 Å². The minimum atomic E-state index is -0.0339. The Morgan fingerprint density at radius 2 is 1.44 bits per heavy atom. The van der Waals surface area contributed by atoms with Gasteiger partial charge >= 0.3 is 194 Å². The van der Waals surface area contributed by atoms with Gasteiger partial charge in [-0.2, -0.15) is 0 Å². The first-order valence-electron chi connectivity index (χ1n) is 17.2. The van der Waals surface area contributed by atoms with Crippen LogP contribution in [-0.4, -0.2) is 23.7 Å². The Morgan fingerprint density at radius 3 is 2.16 bits per heavy atom. The summed E-state index contributed by atoms with van der Waals surface area (Å²) < 4.78 is 14.2. The van der Waals surface area contributed by atoms with E-state index in [1.54, 1.807) is 6.20 Å². The van der Waals surface area contributed by atoms with E-state index >= 15 is 0 Å². The van der Waals surface area contributed by atoms with Crippen LogP contribution in [0.4, 0.5) is 0 Å². The van der Waals surface area contributed by atoms with Crippen LogP contribution in [0.1, 0.15) is 79.0 Å². The van der Waals surface area contributed by atoms with Gasteiger partial charge in [-0.05, 0) is 44.4 Å². The molecule has 0 N–H and O–H groups in total. The quantitative estimate of drug-likeness (QED) is 0.166. The van der Waals surface area contributed by atoms with Crippen LogP contribution in [0.2, 0.25) is 0 Å². The third kappa shape index (κ3) is 4.60. The van der Waals surface area contributed by atoms with E-state index in [2.05, 4.69) is 174 Å². The molecule has 0 radical (unpaired) electrons. The summed E-state index contributed by atoms with van der Waals surface area (Å²) >= 11 is 2.35. The summed E-state index contributed by atoms with van der Waals surface area (Å²) in [7, 11) is 2.07. The second-order valence-electron chi connectivity index (χ2n) is 16.4. The maximum atomic E-state index is 6.52. The van der Waals surface area contributed by atoms with Crippen molar-refractivity contribution in [2.75, 3.05) is 0 Å². The average molecular weight is 841 g/mol. The summed E-state index contributed by atoms with van der Waals surface area (Å²) in [5, 5.41) is 2.32. The molecular weight excluding hydrogens is 798 g/mol. The molecule has 8 rings (SSSR count). The Balaban J connectivity index is 1.32. The number of pyridine rings is 2. The molecule has 3 aromatic carbocycles. The molecule has 1 aliphatic rings. The molecule has 1 aliphatic carbocycles. The number of hydrogen-bond acceptors (Lipinski definition) is 3. The number of nitrogens with zero attached hydrogens (tertiary/aromatic N) is 5. The molecule has 7 heteroatoms. The van der Waals surface area contributed by atoms with E-state index in [1.165, 1.54) is 22.1 Å². The predicted octanol–water partition coefficient (Wildman–Crippen LogP) is 10.2. The van der Waals surface area contributed by atoms with Gasteiger partial charge in [0.25, 0.3) is 0 Å². The van der Waals surface area contributed by atoms with Crippen molar-refractivity contribution < 1.29 is 24.1 Å². The van der Waals surface area contributed by atoms with Crippen LogP contribution in [-0.2, 0) is 42.6 Å². The standard InChI is InChI=1S/C43H43N5O.Pt/c1-40(2,3)27-17-18-45-39(19-27)48-37-21-29(49-30-20-28(24-44-25-30)47-26-46(10)35-13-11-12-14-36(35)47)15-16-31(37)32-22-33-34(23-38(32)48)42(6,7)43(8,9)41(33,4)5;/h11-19,22-25H,1-10H3;/q-2;. The molecule has 4 heterocycles. The van der Waals surface area contributed by atoms with Crippen LogP contribution in [0.15, 0.2) is 79.3 Å². The van der Waals surface area contributed by atoms with Gasteiger partial charge in [-0.15, -0.1) is 0 Å². The molecule has 50 heavy (non-hydrogen) atoms. The second kappa shape index (κ2) is 10.9. The number of aryl methyl sites for hydroxylation is 1. The molecule has 0 spiro atoms. The molecular formula is C43H43N5OPt-2. The minimum absolute atomic E-state index is 0.0145. The third-order valence-corrected chi connectivity index (χ3v) is 13.4. The molecule has 0 bridgehead atoms. The topological polar surface area (TPSA) is 49.8 Å². The van der Waals surface area contributed by atoms with Gasteiger partial charge in [0.2, 0.25) is 0 Å². The number of aromatic nitrogens is 5. The van der Waals surface area contributed by atoms with Crippen molar-refractivity contribution in [3.8, 4) is 23.0 Å². The molecule has 0 saturated heterocycles. The zero-order chi connectivity index (χ0) is 35.5. The van der Waals surface area contributed by atoms with E-state index in [9.17, 15) is 0 Å². The summed E-state index contributed by atoms with van der Waals surface area (Å²) in [5.41, 5.74) is 9.10. The van der Waals surface area contributed by atoms with Crippen molar-refractivity contribution in [2.45, 2.75) is 78.6 Å². The Bertz CT molecular complexity index is 2570. The Kier molecular flexibility index (Phi) is 7.14. The van der Waals surface area contributed by atoms with Crippen molar-refractivity contribution in [2.24, 2.45) is 12.5 Å². The van der Waals surface area contributed by atoms with Crippen LogP contribution >= 0.6 is 0 Å². The zero-order valence-corrected chi connectivity index (χ0v) is 32.7. The molecule has 4 aromatic heterocycles. The number of rotatable bonds is 4. The Labute approximate surface area is 305 Å². The zero-order valence-electron chi connectivity index (χ0n) is 30.5. The maximum absolute atomic E-state index is 6.52. The SMILES string of the molecule is Cn1[c](=[Pt])n(-c2[c-]c(Oc3[c-]c4c(cc3)c3cc5c(cc3n4-c3cc(C(C)(C)C)ccn3)C(C)(C)C(C)(C)C5(C)C)cnc2)c2ccccc21. The van der Waals surface area contributed by atoms with Gasteiger partial charge in [0.15, 0.2) is 0 Å². The van der Waals surface area contributed by atoms with Crippen LogP contribution in [0.25, 0.3) is 44.3 Å². The molecule has 0 aliphatic heterocycles. The van der Waals surface area contributed by atoms with Gasteiger partial charge < -0.3 is 0 Å². The molecule has 0 saturated carbocycles. The number of fused-ring (bicyclic) bond motifs is 5. The first-order chi connectivity index (χ1) is 23.5. The summed E-state index contributed by atoms with van der Waals surface area (Å²) in [6.07, 6.45) is 5.46. The molecule has 0 amide bonds. The van der Waals surface area contributed by atoms with Crippen LogP contribution in [0, 0.1) is 21.4 Å². The number of imidazole rings is 1. The average Bonchev–Trinajstić information content (AvgIpc) is 3.56. The predicted molar refractivity (Wildman–Crippen MR) is 198 cm³/mol. The van der Waals surface area contributed by atoms with Crippen molar-refractivity contribution >= 4 is 32.8 Å². The van der Waals surface area contributed by atoms with Crippen molar-refractivity contribution in [1.29, 1.82) is 0 Å². The molecule has 0 atom stereocenters. The number of hydrogen-bond donors (Lipinski definition) is 0. The molecule has 0 fully saturated rings. The van der Waals surface area contributed by atoms with E-state index in [0.717, 1.165) is 42.8 Å². The fourth-order valence-electron chi connectivity index (χ4n) is 7.90. The van der Waals surface area contributed by atoms with Crippen molar-refractivity contribution in [3.05, 3.63) is 112 Å². The van der Waals surface area contributed by atoms with E-state index in [0.29, 0.717) is 11.5 Å². The van der Waals surface area contributed by atoms with Crippen molar-refractivity contribution in [1.82, 2.24) is 23.7 Å². The normalized spacial score (nSPS) is 16.4. The van der Waals surface area contributed by atoms with Gasteiger partial charge in [-0.3, -0.25) is 0 Å². The number of benzene rings is 3. The van der Waals surface area contributed by atoms with Gasteiger partial charge in [0, 0.05) is 6.20 Å². The monoisotopic (exact) mass is 840 g/mol. The summed E-state index contributed by atoms with van der Waals surface area (Å²) in [6.45, 7) is 21.1. The summed E-state index contributed by atoms with van der Waals surface area (Å²) in [6, 6.07) is 28.9. The summed E-state index contributed by atoms with van der Waals surface area (Å²) in [5.74, 6) is 1.99. The molecule has 6 nitrogen and oxygen atoms in total.